The van der Waals surface area contributed by atoms with Gasteiger partial charge in [0.2, 0.25) is 5.91 Å². The summed E-state index contributed by atoms with van der Waals surface area (Å²) < 4.78 is 35.0. The van der Waals surface area contributed by atoms with E-state index in [1.165, 1.54) is 12.8 Å². The van der Waals surface area contributed by atoms with Gasteiger partial charge in [0, 0.05) is 32.2 Å². The topological polar surface area (TPSA) is 72.9 Å². The van der Waals surface area contributed by atoms with Gasteiger partial charge in [-0.1, -0.05) is 0 Å². The molecule has 0 aromatic rings. The fraction of sp³-hybridized carbons (Fsp3) is 0.933. The molecule has 22 heavy (non-hydrogen) atoms. The van der Waals surface area contributed by atoms with E-state index in [1.54, 1.807) is 4.90 Å². The van der Waals surface area contributed by atoms with Crippen molar-refractivity contribution in [1.82, 2.24) is 4.90 Å². The van der Waals surface area contributed by atoms with Crippen molar-refractivity contribution in [3.8, 4) is 0 Å². The summed E-state index contributed by atoms with van der Waals surface area (Å²) in [4.78, 5) is 13.5. The molecule has 1 atom stereocenters. The highest BCUT2D eigenvalue weighted by Gasteiger charge is 2.62. The first-order chi connectivity index (χ1) is 10.5. The maximum atomic E-state index is 12.4. The summed E-state index contributed by atoms with van der Waals surface area (Å²) in [6, 6.07) is 0. The molecule has 0 N–H and O–H groups in total. The van der Waals surface area contributed by atoms with E-state index in [9.17, 15) is 13.2 Å². The summed E-state index contributed by atoms with van der Waals surface area (Å²) in [5, 5.41) is 0. The molecule has 0 unspecified atom stereocenters. The zero-order chi connectivity index (χ0) is 15.8. The molecule has 2 aliphatic heterocycles. The van der Waals surface area contributed by atoms with Crippen molar-refractivity contribution in [3.05, 3.63) is 0 Å². The highest BCUT2D eigenvalue weighted by Crippen LogP contribution is 2.45. The van der Waals surface area contributed by atoms with Gasteiger partial charge in [0.15, 0.2) is 9.84 Å². The number of carbonyl (C=O) groups excluding carboxylic acids is 1. The second-order valence-corrected chi connectivity index (χ2v) is 9.19. The molecule has 1 aliphatic carbocycles. The maximum absolute atomic E-state index is 12.4. The molecule has 0 radical (unpaired) electrons. The molecule has 0 aromatic carbocycles. The van der Waals surface area contributed by atoms with Gasteiger partial charge in [0.1, 0.15) is 11.4 Å². The fourth-order valence-corrected chi connectivity index (χ4v) is 5.83. The molecule has 3 rings (SSSR count). The largest absolute Gasteiger partial charge is 0.381 e. The molecule has 2 heterocycles. The molecule has 2 saturated heterocycles. The first kappa shape index (κ1) is 16.2. The number of rotatable bonds is 7. The summed E-state index contributed by atoms with van der Waals surface area (Å²) in [5.74, 6) is 0.803. The van der Waals surface area contributed by atoms with Crippen LogP contribution in [0.15, 0.2) is 0 Å². The van der Waals surface area contributed by atoms with Gasteiger partial charge in [-0.25, -0.2) is 8.42 Å². The van der Waals surface area contributed by atoms with Gasteiger partial charge in [-0.15, -0.1) is 0 Å². The monoisotopic (exact) mass is 331 g/mol. The van der Waals surface area contributed by atoms with Gasteiger partial charge in [0.05, 0.1) is 12.4 Å². The molecule has 7 heteroatoms. The van der Waals surface area contributed by atoms with Gasteiger partial charge >= 0.3 is 0 Å². The third-order valence-corrected chi connectivity index (χ3v) is 7.77. The van der Waals surface area contributed by atoms with E-state index < -0.39 is 14.6 Å². The predicted octanol–water partition coefficient (Wildman–Crippen LogP) is 0.465. The van der Waals surface area contributed by atoms with Crippen LogP contribution in [0.1, 0.15) is 26.2 Å². The van der Waals surface area contributed by atoms with E-state index >= 15 is 0 Å². The van der Waals surface area contributed by atoms with Gasteiger partial charge in [-0.3, -0.25) is 4.79 Å². The second kappa shape index (κ2) is 6.09. The zero-order valence-corrected chi connectivity index (χ0v) is 13.9. The zero-order valence-electron chi connectivity index (χ0n) is 13.1. The Kier molecular flexibility index (Phi) is 4.49. The van der Waals surface area contributed by atoms with Crippen LogP contribution in [0.5, 0.6) is 0 Å². The lowest BCUT2D eigenvalue weighted by Crippen LogP contribution is -2.69. The lowest BCUT2D eigenvalue weighted by molar-refractivity contribution is -0.142. The molecular weight excluding hydrogens is 306 g/mol. The molecule has 0 aromatic heterocycles. The fourth-order valence-electron chi connectivity index (χ4n) is 3.43. The number of carbonyl (C=O) groups is 1. The average Bonchev–Trinajstić information content (AvgIpc) is 3.19. The van der Waals surface area contributed by atoms with Crippen molar-refractivity contribution in [2.24, 2.45) is 11.8 Å². The van der Waals surface area contributed by atoms with E-state index in [2.05, 4.69) is 0 Å². The Labute approximate surface area is 132 Å². The van der Waals surface area contributed by atoms with E-state index in [1.807, 2.05) is 6.92 Å². The van der Waals surface area contributed by atoms with E-state index in [0.29, 0.717) is 38.6 Å². The Balaban J connectivity index is 1.57. The third-order valence-electron chi connectivity index (χ3n) is 5.17. The number of amides is 1. The van der Waals surface area contributed by atoms with Crippen molar-refractivity contribution in [1.29, 1.82) is 0 Å². The molecule has 126 valence electrons. The second-order valence-electron chi connectivity index (χ2n) is 6.74. The lowest BCUT2D eigenvalue weighted by atomic mass is 9.83. The molecule has 3 aliphatic rings. The average molecular weight is 331 g/mol. The van der Waals surface area contributed by atoms with Gasteiger partial charge in [0.25, 0.3) is 0 Å². The van der Waals surface area contributed by atoms with E-state index in [-0.39, 0.29) is 24.2 Å². The summed E-state index contributed by atoms with van der Waals surface area (Å²) in [6.45, 7) is 4.22. The van der Waals surface area contributed by atoms with Crippen molar-refractivity contribution in [3.63, 3.8) is 0 Å². The third kappa shape index (κ3) is 2.90. The van der Waals surface area contributed by atoms with E-state index in [0.717, 1.165) is 6.61 Å². The summed E-state index contributed by atoms with van der Waals surface area (Å²) in [5.41, 5.74) is 0. The Bertz CT molecular complexity index is 522. The van der Waals surface area contributed by atoms with Gasteiger partial charge in [-0.05, 0) is 32.1 Å². The number of likely N-dealkylation sites (tertiary alicyclic amines) is 1. The van der Waals surface area contributed by atoms with Crippen LogP contribution in [0.25, 0.3) is 0 Å². The Morgan fingerprint density at radius 1 is 1.18 bits per heavy atom. The number of hydrogen-bond acceptors (Lipinski definition) is 5. The van der Waals surface area contributed by atoms with Crippen molar-refractivity contribution in [2.75, 3.05) is 45.3 Å². The molecule has 1 saturated carbocycles. The summed E-state index contributed by atoms with van der Waals surface area (Å²) >= 11 is 0. The van der Waals surface area contributed by atoms with E-state index in [4.69, 9.17) is 9.47 Å². The SMILES string of the molecule is CCOCC(=O)N1CC2(C1)[C@H](COCC1CC1)CCS2(=O)=O. The van der Waals surface area contributed by atoms with Crippen LogP contribution in [-0.2, 0) is 24.1 Å². The number of hydrogen-bond donors (Lipinski definition) is 0. The first-order valence-electron chi connectivity index (χ1n) is 8.14. The van der Waals surface area contributed by atoms with Crippen LogP contribution in [-0.4, -0.2) is 69.2 Å². The quantitative estimate of drug-likeness (QED) is 0.678. The summed E-state index contributed by atoms with van der Waals surface area (Å²) in [6.07, 6.45) is 3.11. The standard InChI is InChI=1S/C15H25NO5S/c1-2-20-9-14(17)16-10-15(11-16)13(5-6-22(15,18)19)8-21-7-12-3-4-12/h12-13H,2-11H2,1H3/t13-/m0/s1. The highest BCUT2D eigenvalue weighted by molar-refractivity contribution is 7.93. The smallest absolute Gasteiger partial charge is 0.248 e. The minimum atomic E-state index is -3.14. The van der Waals surface area contributed by atoms with Crippen molar-refractivity contribution in [2.45, 2.75) is 30.9 Å². The maximum Gasteiger partial charge on any atom is 0.248 e. The molecule has 6 nitrogen and oxygen atoms in total. The highest BCUT2D eigenvalue weighted by atomic mass is 32.2. The Morgan fingerprint density at radius 2 is 1.91 bits per heavy atom. The van der Waals surface area contributed by atoms with Crippen molar-refractivity contribution < 1.29 is 22.7 Å². The Hall–Kier alpha value is -0.660. The van der Waals surface area contributed by atoms with Crippen LogP contribution in [0.2, 0.25) is 0 Å². The van der Waals surface area contributed by atoms with Crippen LogP contribution in [0, 0.1) is 11.8 Å². The molecule has 1 amide bonds. The minimum absolute atomic E-state index is 0.0207. The number of ether oxygens (including phenoxy) is 2. The number of sulfone groups is 1. The molecule has 0 bridgehead atoms. The molecule has 1 spiro atoms. The van der Waals surface area contributed by atoms with Crippen LogP contribution < -0.4 is 0 Å². The van der Waals surface area contributed by atoms with Crippen LogP contribution in [0.3, 0.4) is 0 Å². The first-order valence-corrected chi connectivity index (χ1v) is 9.79. The summed E-state index contributed by atoms with van der Waals surface area (Å²) in [7, 11) is -3.14. The van der Waals surface area contributed by atoms with Gasteiger partial charge in [-0.2, -0.15) is 0 Å². The Morgan fingerprint density at radius 3 is 2.55 bits per heavy atom. The normalized spacial score (nSPS) is 28.8. The van der Waals surface area contributed by atoms with Crippen molar-refractivity contribution >= 4 is 15.7 Å². The van der Waals surface area contributed by atoms with Gasteiger partial charge < -0.3 is 14.4 Å². The molecule has 3 fully saturated rings. The predicted molar refractivity (Wildman–Crippen MR) is 81.2 cm³/mol. The van der Waals surface area contributed by atoms with Crippen LogP contribution >= 0.6 is 0 Å². The molecular formula is C15H25NO5S. The lowest BCUT2D eigenvalue weighted by Gasteiger charge is -2.49. The number of nitrogens with zero attached hydrogens (tertiary/aromatic N) is 1. The minimum Gasteiger partial charge on any atom is -0.381 e. The van der Waals surface area contributed by atoms with Crippen LogP contribution in [0.4, 0.5) is 0 Å².